The van der Waals surface area contributed by atoms with Crippen molar-refractivity contribution >= 4 is 11.5 Å². The van der Waals surface area contributed by atoms with E-state index in [2.05, 4.69) is 78.7 Å². The van der Waals surface area contributed by atoms with E-state index in [4.69, 9.17) is 10.1 Å². The molecule has 1 heterocycles. The molecule has 3 aromatic rings. The molecule has 0 saturated carbocycles. The van der Waals surface area contributed by atoms with Gasteiger partial charge in [-0.15, -0.1) is 0 Å². The van der Waals surface area contributed by atoms with E-state index in [0.29, 0.717) is 6.54 Å². The van der Waals surface area contributed by atoms with Gasteiger partial charge in [0.1, 0.15) is 5.84 Å². The molecule has 0 amide bonds. The second-order valence-electron chi connectivity index (χ2n) is 7.42. The molecule has 0 N–H and O–H groups in total. The molecule has 140 valence electrons. The van der Waals surface area contributed by atoms with Gasteiger partial charge < -0.3 is 0 Å². The van der Waals surface area contributed by atoms with Gasteiger partial charge >= 0.3 is 0 Å². The van der Waals surface area contributed by atoms with Crippen LogP contribution in [0.2, 0.25) is 0 Å². The normalized spacial score (nSPS) is 19.6. The molecule has 0 fully saturated rings. The molecule has 3 aromatic carbocycles. The number of benzene rings is 3. The van der Waals surface area contributed by atoms with Crippen LogP contribution >= 0.6 is 0 Å². The molecule has 4 rings (SSSR count). The summed E-state index contributed by atoms with van der Waals surface area (Å²) in [5, 5.41) is 7.07. The highest BCUT2D eigenvalue weighted by Crippen LogP contribution is 2.35. The summed E-state index contributed by atoms with van der Waals surface area (Å²) in [4.78, 5) is 4.80. The molecule has 1 atom stereocenters. The van der Waals surface area contributed by atoms with E-state index in [1.165, 1.54) is 11.1 Å². The Morgan fingerprint density at radius 2 is 1.46 bits per heavy atom. The third kappa shape index (κ3) is 3.61. The minimum Gasteiger partial charge on any atom is -0.266 e. The molecule has 0 aliphatic carbocycles. The average molecular weight is 367 g/mol. The predicted molar refractivity (Wildman–Crippen MR) is 117 cm³/mol. The van der Waals surface area contributed by atoms with Crippen molar-refractivity contribution in [1.29, 1.82) is 0 Å². The van der Waals surface area contributed by atoms with Crippen LogP contribution in [0.25, 0.3) is 0 Å². The van der Waals surface area contributed by atoms with Crippen LogP contribution in [0.1, 0.15) is 30.5 Å². The third-order valence-electron chi connectivity index (χ3n) is 5.37. The van der Waals surface area contributed by atoms with Gasteiger partial charge in [0, 0.05) is 0 Å². The molecule has 0 bridgehead atoms. The van der Waals surface area contributed by atoms with Crippen molar-refractivity contribution in [2.75, 3.05) is 6.54 Å². The quantitative estimate of drug-likeness (QED) is 0.455. The zero-order valence-electron chi connectivity index (χ0n) is 16.4. The fourth-order valence-electron chi connectivity index (χ4n) is 3.70. The van der Waals surface area contributed by atoms with Crippen LogP contribution in [0.4, 0.5) is 0 Å². The fraction of sp³-hybridized carbons (Fsp3) is 0.200. The standard InChI is InChI=1S/C25H25N3/c1-20(26-18-21-12-6-3-7-13-21)28-19-25(2,23-16-10-5-11-17-23)24(27-28)22-14-8-4-9-15-22/h3-17H,18-19H2,1-2H3. The van der Waals surface area contributed by atoms with Crippen molar-refractivity contribution < 1.29 is 0 Å². The molecular formula is C25H25N3. The third-order valence-corrected chi connectivity index (χ3v) is 5.37. The Balaban J connectivity index is 1.67. The van der Waals surface area contributed by atoms with Gasteiger partial charge in [0.15, 0.2) is 0 Å². The first-order valence-electron chi connectivity index (χ1n) is 9.69. The summed E-state index contributed by atoms with van der Waals surface area (Å²) in [5.41, 5.74) is 4.54. The SMILES string of the molecule is CC(=NCc1ccccc1)N1CC(C)(c2ccccc2)C(c2ccccc2)=N1. The molecule has 3 heteroatoms. The maximum atomic E-state index is 5.02. The Morgan fingerprint density at radius 3 is 2.11 bits per heavy atom. The monoisotopic (exact) mass is 367 g/mol. The Morgan fingerprint density at radius 1 is 0.893 bits per heavy atom. The Bertz CT molecular complexity index is 978. The zero-order chi connectivity index (χ0) is 19.4. The van der Waals surface area contributed by atoms with Crippen molar-refractivity contribution in [1.82, 2.24) is 5.01 Å². The van der Waals surface area contributed by atoms with E-state index in [-0.39, 0.29) is 5.41 Å². The summed E-state index contributed by atoms with van der Waals surface area (Å²) in [5.74, 6) is 0.942. The average Bonchev–Trinajstić information content (AvgIpc) is 3.13. The van der Waals surface area contributed by atoms with Gasteiger partial charge in [-0.3, -0.25) is 10.0 Å². The summed E-state index contributed by atoms with van der Waals surface area (Å²) >= 11 is 0. The summed E-state index contributed by atoms with van der Waals surface area (Å²) in [6, 6.07) is 31.5. The largest absolute Gasteiger partial charge is 0.266 e. The second kappa shape index (κ2) is 7.81. The van der Waals surface area contributed by atoms with Crippen molar-refractivity contribution in [2.24, 2.45) is 10.1 Å². The number of rotatable bonds is 4. The zero-order valence-corrected chi connectivity index (χ0v) is 16.4. The highest BCUT2D eigenvalue weighted by atomic mass is 15.5. The van der Waals surface area contributed by atoms with Crippen molar-refractivity contribution in [3.05, 3.63) is 108 Å². The first-order valence-corrected chi connectivity index (χ1v) is 9.69. The molecule has 28 heavy (non-hydrogen) atoms. The summed E-state index contributed by atoms with van der Waals surface area (Å²) in [7, 11) is 0. The maximum Gasteiger partial charge on any atom is 0.117 e. The highest BCUT2D eigenvalue weighted by Gasteiger charge is 2.41. The summed E-state index contributed by atoms with van der Waals surface area (Å²) < 4.78 is 0. The maximum absolute atomic E-state index is 5.02. The summed E-state index contributed by atoms with van der Waals surface area (Å²) in [6.45, 7) is 5.78. The summed E-state index contributed by atoms with van der Waals surface area (Å²) in [6.07, 6.45) is 0. The van der Waals surface area contributed by atoms with Crippen LogP contribution in [0.3, 0.4) is 0 Å². The molecule has 1 aliphatic heterocycles. The number of nitrogens with zero attached hydrogens (tertiary/aromatic N) is 3. The number of hydrogen-bond acceptors (Lipinski definition) is 2. The first kappa shape index (κ1) is 18.2. The molecule has 1 unspecified atom stereocenters. The van der Waals surface area contributed by atoms with Crippen LogP contribution in [0.15, 0.2) is 101 Å². The Kier molecular flexibility index (Phi) is 5.07. The van der Waals surface area contributed by atoms with Crippen LogP contribution in [-0.4, -0.2) is 23.1 Å². The topological polar surface area (TPSA) is 28.0 Å². The molecule has 3 nitrogen and oxygen atoms in total. The lowest BCUT2D eigenvalue weighted by molar-refractivity contribution is 0.423. The number of amidine groups is 1. The predicted octanol–water partition coefficient (Wildman–Crippen LogP) is 5.28. The van der Waals surface area contributed by atoms with Crippen molar-refractivity contribution in [3.63, 3.8) is 0 Å². The smallest absolute Gasteiger partial charge is 0.117 e. The number of hydrogen-bond donors (Lipinski definition) is 0. The van der Waals surface area contributed by atoms with Gasteiger partial charge in [-0.05, 0) is 30.5 Å². The molecule has 0 saturated heterocycles. The molecular weight excluding hydrogens is 342 g/mol. The van der Waals surface area contributed by atoms with Gasteiger partial charge in [-0.1, -0.05) is 91.0 Å². The van der Waals surface area contributed by atoms with Gasteiger partial charge in [0.05, 0.1) is 24.2 Å². The lowest BCUT2D eigenvalue weighted by Crippen LogP contribution is -2.37. The van der Waals surface area contributed by atoms with Crippen molar-refractivity contribution in [3.8, 4) is 0 Å². The Labute approximate surface area is 167 Å². The molecule has 1 aliphatic rings. The lowest BCUT2D eigenvalue weighted by Gasteiger charge is -2.27. The highest BCUT2D eigenvalue weighted by molar-refractivity contribution is 6.10. The van der Waals surface area contributed by atoms with Crippen LogP contribution < -0.4 is 0 Å². The van der Waals surface area contributed by atoms with Crippen LogP contribution in [0, 0.1) is 0 Å². The van der Waals surface area contributed by atoms with Gasteiger partial charge in [-0.25, -0.2) is 0 Å². The van der Waals surface area contributed by atoms with E-state index in [0.717, 1.165) is 23.7 Å². The molecule has 0 radical (unpaired) electrons. The van der Waals surface area contributed by atoms with E-state index >= 15 is 0 Å². The van der Waals surface area contributed by atoms with Crippen molar-refractivity contribution in [2.45, 2.75) is 25.8 Å². The first-order chi connectivity index (χ1) is 13.7. The van der Waals surface area contributed by atoms with Gasteiger partial charge in [0.2, 0.25) is 0 Å². The van der Waals surface area contributed by atoms with Gasteiger partial charge in [-0.2, -0.15) is 5.10 Å². The van der Waals surface area contributed by atoms with E-state index in [1.807, 2.05) is 31.2 Å². The minimum absolute atomic E-state index is 0.188. The molecule has 0 spiro atoms. The molecule has 0 aromatic heterocycles. The second-order valence-corrected chi connectivity index (χ2v) is 7.42. The number of aliphatic imine (C=N–C) groups is 1. The van der Waals surface area contributed by atoms with E-state index < -0.39 is 0 Å². The fourth-order valence-corrected chi connectivity index (χ4v) is 3.70. The lowest BCUT2D eigenvalue weighted by atomic mass is 9.76. The Hall–Kier alpha value is -3.20. The van der Waals surface area contributed by atoms with Gasteiger partial charge in [0.25, 0.3) is 0 Å². The van der Waals surface area contributed by atoms with Crippen LogP contribution in [-0.2, 0) is 12.0 Å². The minimum atomic E-state index is -0.188. The number of hydrazone groups is 1. The van der Waals surface area contributed by atoms with E-state index in [9.17, 15) is 0 Å². The van der Waals surface area contributed by atoms with E-state index in [1.54, 1.807) is 0 Å². The van der Waals surface area contributed by atoms with Crippen LogP contribution in [0.5, 0.6) is 0 Å².